The number of aryl methyl sites for hydroxylation is 1. The van der Waals surface area contributed by atoms with Crippen LogP contribution in [0.25, 0.3) is 5.69 Å². The molecular formula is C25H25ClN4O2. The number of likely N-dealkylation sites (tertiary alicyclic amines) is 1. The van der Waals surface area contributed by atoms with E-state index in [0.29, 0.717) is 29.1 Å². The van der Waals surface area contributed by atoms with Crippen LogP contribution >= 0.6 is 11.6 Å². The van der Waals surface area contributed by atoms with Crippen LogP contribution in [0.5, 0.6) is 0 Å². The van der Waals surface area contributed by atoms with Crippen LogP contribution in [-0.2, 0) is 6.42 Å². The molecule has 1 amide bonds. The molecule has 1 aliphatic heterocycles. The van der Waals surface area contributed by atoms with Gasteiger partial charge in [0.15, 0.2) is 0 Å². The third-order valence-electron chi connectivity index (χ3n) is 6.16. The zero-order valence-electron chi connectivity index (χ0n) is 18.2. The second-order valence-corrected chi connectivity index (χ2v) is 8.60. The number of aromatic nitrogens is 2. The number of carbonyl (C=O) groups is 1. The highest BCUT2D eigenvalue weighted by Crippen LogP contribution is 2.25. The van der Waals surface area contributed by atoms with Crippen LogP contribution in [0.15, 0.2) is 42.5 Å². The number of amides is 1. The Morgan fingerprint density at radius 3 is 2.81 bits per heavy atom. The van der Waals surface area contributed by atoms with E-state index in [1.54, 1.807) is 17.0 Å². The molecule has 0 radical (unpaired) electrons. The van der Waals surface area contributed by atoms with Crippen LogP contribution in [0.2, 0.25) is 5.02 Å². The van der Waals surface area contributed by atoms with Crippen LogP contribution in [-0.4, -0.2) is 44.9 Å². The predicted molar refractivity (Wildman–Crippen MR) is 123 cm³/mol. The second-order valence-electron chi connectivity index (χ2n) is 8.19. The number of carbonyl (C=O) groups excluding carboxylic acids is 1. The standard InChI is InChI=1S/C25H25ClN4O2/c1-16-23(17(2)30(28-16)21-9-8-20(14-27)24(26)13-21)12-18-5-3-6-19(11-18)25(32)29-10-4-7-22(29)15-31/h3,5-6,8-9,11,13,22,31H,4,7,10,12,15H2,1-2H3/t22-/m0/s1. The molecule has 1 atom stereocenters. The molecule has 0 unspecified atom stereocenters. The largest absolute Gasteiger partial charge is 0.394 e. The highest BCUT2D eigenvalue weighted by molar-refractivity contribution is 6.31. The van der Waals surface area contributed by atoms with E-state index in [2.05, 4.69) is 11.2 Å². The fourth-order valence-electron chi connectivity index (χ4n) is 4.39. The summed E-state index contributed by atoms with van der Waals surface area (Å²) in [5.41, 5.74) is 5.88. The van der Waals surface area contributed by atoms with Gasteiger partial charge >= 0.3 is 0 Å². The lowest BCUT2D eigenvalue weighted by Crippen LogP contribution is -2.37. The van der Waals surface area contributed by atoms with Gasteiger partial charge in [0.25, 0.3) is 5.91 Å². The zero-order chi connectivity index (χ0) is 22.8. The van der Waals surface area contributed by atoms with E-state index >= 15 is 0 Å². The Morgan fingerprint density at radius 2 is 2.09 bits per heavy atom. The lowest BCUT2D eigenvalue weighted by atomic mass is 10.0. The van der Waals surface area contributed by atoms with Gasteiger partial charge in [-0.2, -0.15) is 10.4 Å². The van der Waals surface area contributed by atoms with Crippen LogP contribution in [0.1, 0.15) is 51.3 Å². The Hall–Kier alpha value is -3.14. The van der Waals surface area contributed by atoms with Crippen molar-refractivity contribution < 1.29 is 9.90 Å². The minimum atomic E-state index is -0.0897. The molecule has 1 fully saturated rings. The van der Waals surface area contributed by atoms with E-state index in [9.17, 15) is 9.90 Å². The Labute approximate surface area is 192 Å². The average molecular weight is 449 g/mol. The summed E-state index contributed by atoms with van der Waals surface area (Å²) in [6.45, 7) is 4.66. The molecule has 1 aromatic heterocycles. The number of aliphatic hydroxyl groups is 1. The van der Waals surface area contributed by atoms with Gasteiger partial charge in [-0.15, -0.1) is 0 Å². The summed E-state index contributed by atoms with van der Waals surface area (Å²) in [6, 6.07) is 14.9. The monoisotopic (exact) mass is 448 g/mol. The molecule has 6 nitrogen and oxygen atoms in total. The summed E-state index contributed by atoms with van der Waals surface area (Å²) in [5.74, 6) is -0.0280. The number of rotatable bonds is 5. The molecule has 32 heavy (non-hydrogen) atoms. The summed E-state index contributed by atoms with van der Waals surface area (Å²) in [7, 11) is 0. The quantitative estimate of drug-likeness (QED) is 0.634. The van der Waals surface area contributed by atoms with Crippen LogP contribution < -0.4 is 0 Å². The minimum absolute atomic E-state index is 0.00235. The maximum Gasteiger partial charge on any atom is 0.254 e. The first-order valence-corrected chi connectivity index (χ1v) is 11.1. The Morgan fingerprint density at radius 1 is 1.28 bits per heavy atom. The van der Waals surface area contributed by atoms with Crippen molar-refractivity contribution >= 4 is 17.5 Å². The van der Waals surface area contributed by atoms with Gasteiger partial charge in [0.2, 0.25) is 0 Å². The van der Waals surface area contributed by atoms with Crippen molar-refractivity contribution in [2.24, 2.45) is 0 Å². The summed E-state index contributed by atoms with van der Waals surface area (Å²) in [5, 5.41) is 23.8. The Bertz CT molecular complexity index is 1210. The molecule has 0 saturated carbocycles. The fourth-order valence-corrected chi connectivity index (χ4v) is 4.60. The summed E-state index contributed by atoms with van der Waals surface area (Å²) in [6.07, 6.45) is 2.42. The van der Waals surface area contributed by atoms with Crippen molar-refractivity contribution in [3.05, 3.63) is 81.1 Å². The molecule has 1 saturated heterocycles. The highest BCUT2D eigenvalue weighted by atomic mass is 35.5. The molecule has 2 heterocycles. The SMILES string of the molecule is Cc1nn(-c2ccc(C#N)c(Cl)c2)c(C)c1Cc1cccc(C(=O)N2CCC[C@H]2CO)c1. The summed E-state index contributed by atoms with van der Waals surface area (Å²) in [4.78, 5) is 14.8. The van der Waals surface area contributed by atoms with E-state index in [0.717, 1.165) is 41.0 Å². The molecule has 7 heteroatoms. The van der Waals surface area contributed by atoms with Crippen LogP contribution in [0.3, 0.4) is 0 Å². The second kappa shape index (κ2) is 9.15. The zero-order valence-corrected chi connectivity index (χ0v) is 18.9. The number of hydrogen-bond donors (Lipinski definition) is 1. The van der Waals surface area contributed by atoms with Gasteiger partial charge in [-0.1, -0.05) is 23.7 Å². The molecule has 0 bridgehead atoms. The molecule has 0 spiro atoms. The molecule has 1 aliphatic rings. The van der Waals surface area contributed by atoms with Crippen molar-refractivity contribution in [1.29, 1.82) is 5.26 Å². The van der Waals surface area contributed by atoms with E-state index in [1.807, 2.05) is 48.9 Å². The fraction of sp³-hybridized carbons (Fsp3) is 0.320. The maximum absolute atomic E-state index is 13.0. The van der Waals surface area contributed by atoms with Gasteiger partial charge in [0.1, 0.15) is 6.07 Å². The lowest BCUT2D eigenvalue weighted by Gasteiger charge is -2.23. The van der Waals surface area contributed by atoms with Crippen molar-refractivity contribution in [3.63, 3.8) is 0 Å². The number of nitrogens with zero attached hydrogens (tertiary/aromatic N) is 4. The number of halogens is 1. The minimum Gasteiger partial charge on any atom is -0.394 e. The third kappa shape index (κ3) is 4.14. The van der Waals surface area contributed by atoms with Crippen molar-refractivity contribution in [3.8, 4) is 11.8 Å². The van der Waals surface area contributed by atoms with Crippen molar-refractivity contribution in [2.45, 2.75) is 39.2 Å². The molecular weight excluding hydrogens is 424 g/mol. The van der Waals surface area contributed by atoms with Gasteiger partial charge in [-0.25, -0.2) is 4.68 Å². The number of aliphatic hydroxyl groups excluding tert-OH is 1. The molecule has 2 aromatic carbocycles. The van der Waals surface area contributed by atoms with Crippen molar-refractivity contribution in [1.82, 2.24) is 14.7 Å². The number of benzene rings is 2. The third-order valence-corrected chi connectivity index (χ3v) is 6.48. The summed E-state index contributed by atoms with van der Waals surface area (Å²) >= 11 is 6.21. The smallest absolute Gasteiger partial charge is 0.254 e. The van der Waals surface area contributed by atoms with Gasteiger partial charge in [0.05, 0.1) is 34.6 Å². The Balaban J connectivity index is 1.60. The average Bonchev–Trinajstić information content (AvgIpc) is 3.39. The molecule has 3 aromatic rings. The number of nitriles is 1. The molecule has 164 valence electrons. The van der Waals surface area contributed by atoms with Gasteiger partial charge in [-0.3, -0.25) is 4.79 Å². The van der Waals surface area contributed by atoms with Crippen LogP contribution in [0.4, 0.5) is 0 Å². The molecule has 1 N–H and O–H groups in total. The number of hydrogen-bond acceptors (Lipinski definition) is 4. The Kier molecular flexibility index (Phi) is 6.31. The van der Waals surface area contributed by atoms with Crippen molar-refractivity contribution in [2.75, 3.05) is 13.2 Å². The van der Waals surface area contributed by atoms with E-state index in [1.165, 1.54) is 0 Å². The summed E-state index contributed by atoms with van der Waals surface area (Å²) < 4.78 is 1.84. The first-order chi connectivity index (χ1) is 15.4. The van der Waals surface area contributed by atoms with Crippen LogP contribution in [0, 0.1) is 25.2 Å². The normalized spacial score (nSPS) is 15.7. The molecule has 4 rings (SSSR count). The first-order valence-electron chi connectivity index (χ1n) is 10.7. The molecule has 0 aliphatic carbocycles. The van der Waals surface area contributed by atoms with Gasteiger partial charge < -0.3 is 10.0 Å². The predicted octanol–water partition coefficient (Wildman–Crippen LogP) is 4.20. The topological polar surface area (TPSA) is 82.2 Å². The van der Waals surface area contributed by atoms with Gasteiger partial charge in [-0.05, 0) is 62.6 Å². The lowest BCUT2D eigenvalue weighted by molar-refractivity contribution is 0.0677. The van der Waals surface area contributed by atoms with E-state index < -0.39 is 0 Å². The van der Waals surface area contributed by atoms with Gasteiger partial charge in [0, 0.05) is 29.8 Å². The van der Waals surface area contributed by atoms with E-state index in [-0.39, 0.29) is 18.6 Å². The van der Waals surface area contributed by atoms with E-state index in [4.69, 9.17) is 16.9 Å². The maximum atomic E-state index is 13.0. The first kappa shape index (κ1) is 22.1. The highest BCUT2D eigenvalue weighted by Gasteiger charge is 2.28.